The van der Waals surface area contributed by atoms with Crippen molar-refractivity contribution >= 4 is 44.6 Å². The number of amides is 2. The predicted molar refractivity (Wildman–Crippen MR) is 147 cm³/mol. The Balaban J connectivity index is 1.55. The molecule has 43 heavy (non-hydrogen) atoms. The number of thiophene rings is 1. The van der Waals surface area contributed by atoms with Crippen LogP contribution in [0.2, 0.25) is 0 Å². The van der Waals surface area contributed by atoms with Crippen molar-refractivity contribution < 1.29 is 45.1 Å². The van der Waals surface area contributed by atoms with Crippen molar-refractivity contribution in [1.29, 1.82) is 0 Å². The number of nitrogens with one attached hydrogen (secondary N) is 3. The molecule has 5 rings (SSSR count). The van der Waals surface area contributed by atoms with Gasteiger partial charge in [-0.3, -0.25) is 9.59 Å². The standard InChI is InChI=1S/C29H22F7N3O3S/c1-42-22-7-2-14(15-8-9-37-13-15)10-19(22)26(40)39-24-18-5-3-16(28(31,32)33)11-23(18)43-25(24)27(41)38-17-4-6-21(30)20(12-17)29(34,35)36/h2-7,10-12,15,37H,8-9,13H2,1H3,(H,38,41)(H,39,40). The van der Waals surface area contributed by atoms with Crippen LogP contribution in [-0.4, -0.2) is 32.0 Å². The van der Waals surface area contributed by atoms with Gasteiger partial charge in [0, 0.05) is 22.3 Å². The molecule has 1 atom stereocenters. The highest BCUT2D eigenvalue weighted by Crippen LogP contribution is 2.41. The van der Waals surface area contributed by atoms with Crippen molar-refractivity contribution in [2.45, 2.75) is 24.7 Å². The molecule has 2 heterocycles. The highest BCUT2D eigenvalue weighted by Gasteiger charge is 2.35. The fourth-order valence-corrected chi connectivity index (χ4v) is 5.93. The lowest BCUT2D eigenvalue weighted by Gasteiger charge is -2.15. The molecule has 1 aliphatic rings. The quantitative estimate of drug-likeness (QED) is 0.192. The van der Waals surface area contributed by atoms with Crippen LogP contribution in [0, 0.1) is 5.82 Å². The summed E-state index contributed by atoms with van der Waals surface area (Å²) < 4.78 is 99.1. The minimum atomic E-state index is -5.04. The molecule has 0 aliphatic carbocycles. The lowest BCUT2D eigenvalue weighted by atomic mass is 9.96. The Bertz CT molecular complexity index is 1710. The van der Waals surface area contributed by atoms with Crippen molar-refractivity contribution in [2.24, 2.45) is 0 Å². The molecule has 1 aliphatic heterocycles. The summed E-state index contributed by atoms with van der Waals surface area (Å²) in [7, 11) is 1.36. The van der Waals surface area contributed by atoms with Gasteiger partial charge in [0.1, 0.15) is 16.4 Å². The highest BCUT2D eigenvalue weighted by atomic mass is 32.1. The minimum Gasteiger partial charge on any atom is -0.496 e. The monoisotopic (exact) mass is 625 g/mol. The van der Waals surface area contributed by atoms with Crippen LogP contribution in [0.4, 0.5) is 42.1 Å². The number of rotatable bonds is 6. The van der Waals surface area contributed by atoms with E-state index < -0.39 is 46.8 Å². The third-order valence-electron chi connectivity index (χ3n) is 6.99. The van der Waals surface area contributed by atoms with Gasteiger partial charge in [0.05, 0.1) is 29.5 Å². The van der Waals surface area contributed by atoms with Crippen LogP contribution in [0.1, 0.15) is 49.1 Å². The lowest BCUT2D eigenvalue weighted by Crippen LogP contribution is -2.18. The molecule has 0 radical (unpaired) electrons. The Morgan fingerprint density at radius 1 is 0.930 bits per heavy atom. The van der Waals surface area contributed by atoms with E-state index in [1.165, 1.54) is 7.11 Å². The number of hydrogen-bond acceptors (Lipinski definition) is 5. The second-order valence-corrected chi connectivity index (χ2v) is 10.8. The first kappa shape index (κ1) is 30.3. The summed E-state index contributed by atoms with van der Waals surface area (Å²) in [6, 6.07) is 9.60. The number of benzene rings is 3. The average molecular weight is 626 g/mol. The summed E-state index contributed by atoms with van der Waals surface area (Å²) >= 11 is 0.603. The summed E-state index contributed by atoms with van der Waals surface area (Å²) in [5.41, 5.74) is -2.21. The van der Waals surface area contributed by atoms with E-state index in [-0.39, 0.29) is 37.9 Å². The molecule has 1 saturated heterocycles. The highest BCUT2D eigenvalue weighted by molar-refractivity contribution is 7.21. The molecule has 3 N–H and O–H groups in total. The van der Waals surface area contributed by atoms with E-state index >= 15 is 0 Å². The summed E-state index contributed by atoms with van der Waals surface area (Å²) in [5, 5.41) is 8.17. The molecule has 226 valence electrons. The van der Waals surface area contributed by atoms with Crippen LogP contribution in [0.25, 0.3) is 10.1 Å². The van der Waals surface area contributed by atoms with Crippen molar-refractivity contribution in [3.63, 3.8) is 0 Å². The van der Waals surface area contributed by atoms with Gasteiger partial charge in [0.25, 0.3) is 11.8 Å². The van der Waals surface area contributed by atoms with Gasteiger partial charge in [-0.2, -0.15) is 26.3 Å². The minimum absolute atomic E-state index is 0.0110. The molecule has 14 heteroatoms. The molecule has 0 spiro atoms. The number of anilines is 2. The second-order valence-electron chi connectivity index (χ2n) is 9.76. The zero-order valence-electron chi connectivity index (χ0n) is 22.2. The van der Waals surface area contributed by atoms with Crippen LogP contribution in [0.5, 0.6) is 5.75 Å². The maximum Gasteiger partial charge on any atom is 0.419 e. The molecule has 4 aromatic rings. The summed E-state index contributed by atoms with van der Waals surface area (Å²) in [6.45, 7) is 1.50. The third kappa shape index (κ3) is 6.30. The first-order valence-electron chi connectivity index (χ1n) is 12.8. The number of methoxy groups -OCH3 is 1. The molecule has 6 nitrogen and oxygen atoms in total. The maximum atomic E-state index is 13.8. The molecule has 1 fully saturated rings. The van der Waals surface area contributed by atoms with E-state index in [4.69, 9.17) is 4.74 Å². The van der Waals surface area contributed by atoms with E-state index in [9.17, 15) is 40.3 Å². The fourth-order valence-electron chi connectivity index (χ4n) is 4.84. The van der Waals surface area contributed by atoms with E-state index in [0.717, 1.165) is 42.8 Å². The van der Waals surface area contributed by atoms with Crippen LogP contribution >= 0.6 is 11.3 Å². The smallest absolute Gasteiger partial charge is 0.419 e. The molecule has 1 unspecified atom stereocenters. The van der Waals surface area contributed by atoms with E-state index in [1.807, 2.05) is 6.07 Å². The third-order valence-corrected chi connectivity index (χ3v) is 8.14. The van der Waals surface area contributed by atoms with Gasteiger partial charge in [-0.25, -0.2) is 4.39 Å². The van der Waals surface area contributed by atoms with Gasteiger partial charge in [-0.15, -0.1) is 11.3 Å². The van der Waals surface area contributed by atoms with Crippen LogP contribution in [0.15, 0.2) is 54.6 Å². The van der Waals surface area contributed by atoms with Crippen LogP contribution in [0.3, 0.4) is 0 Å². The normalized spacial score (nSPS) is 15.5. The number of halogens is 7. The molecule has 1 aromatic heterocycles. The Morgan fingerprint density at radius 3 is 2.35 bits per heavy atom. The topological polar surface area (TPSA) is 79.5 Å². The Kier molecular flexibility index (Phi) is 8.09. The molecular formula is C29H22F7N3O3S. The van der Waals surface area contributed by atoms with Crippen molar-refractivity contribution in [3.05, 3.63) is 87.5 Å². The SMILES string of the molecule is COc1ccc(C2CCNC2)cc1C(=O)Nc1c(C(=O)Nc2ccc(F)c(C(F)(F)F)c2)sc2cc(C(F)(F)F)ccc12. The number of carbonyl (C=O) groups excluding carboxylic acids is 2. The molecule has 0 saturated carbocycles. The first-order chi connectivity index (χ1) is 20.3. The molecule has 3 aromatic carbocycles. The molecule has 2 amide bonds. The number of carbonyl (C=O) groups is 2. The summed E-state index contributed by atoms with van der Waals surface area (Å²) in [5.74, 6) is -2.95. The first-order valence-corrected chi connectivity index (χ1v) is 13.6. The van der Waals surface area contributed by atoms with E-state index in [2.05, 4.69) is 16.0 Å². The van der Waals surface area contributed by atoms with Gasteiger partial charge in [0.2, 0.25) is 0 Å². The number of alkyl halides is 6. The van der Waals surface area contributed by atoms with Gasteiger partial charge in [0.15, 0.2) is 0 Å². The zero-order chi connectivity index (χ0) is 31.1. The largest absolute Gasteiger partial charge is 0.496 e. The van der Waals surface area contributed by atoms with Crippen molar-refractivity contribution in [2.75, 3.05) is 30.8 Å². The van der Waals surface area contributed by atoms with Crippen molar-refractivity contribution in [1.82, 2.24) is 5.32 Å². The Hall–Kier alpha value is -4.17. The van der Waals surface area contributed by atoms with Gasteiger partial charge >= 0.3 is 12.4 Å². The van der Waals surface area contributed by atoms with Gasteiger partial charge in [-0.05, 0) is 66.9 Å². The summed E-state index contributed by atoms with van der Waals surface area (Å²) in [6.07, 6.45) is -8.90. The van der Waals surface area contributed by atoms with E-state index in [0.29, 0.717) is 30.0 Å². The fraction of sp³-hybridized carbons (Fsp3) is 0.241. The Labute approximate surface area is 243 Å². The zero-order valence-corrected chi connectivity index (χ0v) is 23.0. The lowest BCUT2D eigenvalue weighted by molar-refractivity contribution is -0.140. The number of hydrogen-bond donors (Lipinski definition) is 3. The van der Waals surface area contributed by atoms with E-state index in [1.54, 1.807) is 12.1 Å². The summed E-state index contributed by atoms with van der Waals surface area (Å²) in [4.78, 5) is 26.6. The van der Waals surface area contributed by atoms with Crippen LogP contribution in [-0.2, 0) is 12.4 Å². The van der Waals surface area contributed by atoms with Crippen LogP contribution < -0.4 is 20.7 Å². The molecular weight excluding hydrogens is 603 g/mol. The predicted octanol–water partition coefficient (Wildman–Crippen LogP) is 7.67. The van der Waals surface area contributed by atoms with Crippen molar-refractivity contribution in [3.8, 4) is 5.75 Å². The average Bonchev–Trinajstić information content (AvgIpc) is 3.61. The molecule has 0 bridgehead atoms. The van der Waals surface area contributed by atoms with Gasteiger partial charge < -0.3 is 20.7 Å². The maximum absolute atomic E-state index is 13.8. The number of fused-ring (bicyclic) bond motifs is 1. The second kappa shape index (κ2) is 11.5. The Morgan fingerprint density at radius 2 is 1.70 bits per heavy atom. The van der Waals surface area contributed by atoms with Gasteiger partial charge in [-0.1, -0.05) is 12.1 Å². The number of ether oxygens (including phenoxy) is 1.